The molecule has 4 N–H and O–H groups in total. The van der Waals surface area contributed by atoms with Crippen LogP contribution in [0.3, 0.4) is 0 Å². The van der Waals surface area contributed by atoms with Crippen molar-refractivity contribution in [3.63, 3.8) is 0 Å². The summed E-state index contributed by atoms with van der Waals surface area (Å²) in [6.07, 6.45) is 0. The quantitative estimate of drug-likeness (QED) is 0.294. The lowest BCUT2D eigenvalue weighted by Crippen LogP contribution is -2.44. The summed E-state index contributed by atoms with van der Waals surface area (Å²) in [4.78, 5) is 37.5. The van der Waals surface area contributed by atoms with E-state index in [1.54, 1.807) is 25.1 Å². The van der Waals surface area contributed by atoms with Crippen LogP contribution in [-0.4, -0.2) is 24.5 Å². The summed E-state index contributed by atoms with van der Waals surface area (Å²) in [5, 5.41) is 4.33. The number of carbonyl (C=O) groups is 3. The molecule has 0 aliphatic carbocycles. The number of esters is 1. The maximum atomic E-state index is 13.3. The van der Waals surface area contributed by atoms with E-state index in [9.17, 15) is 14.4 Å². The number of carbonyl (C=O) groups excluding carboxylic acids is 3. The van der Waals surface area contributed by atoms with Gasteiger partial charge in [0.1, 0.15) is 0 Å². The molecule has 0 atom stereocenters. The van der Waals surface area contributed by atoms with Crippen LogP contribution in [0.5, 0.6) is 0 Å². The third-order valence-electron chi connectivity index (χ3n) is 5.30. The van der Waals surface area contributed by atoms with Gasteiger partial charge in [-0.05, 0) is 38.1 Å². The molecule has 0 saturated carbocycles. The van der Waals surface area contributed by atoms with Crippen molar-refractivity contribution in [2.75, 3.05) is 16.9 Å². The number of benzene rings is 3. The molecule has 8 heteroatoms. The second-order valence-electron chi connectivity index (χ2n) is 7.67. The molecule has 3 aromatic rings. The maximum absolute atomic E-state index is 13.3. The summed E-state index contributed by atoms with van der Waals surface area (Å²) in [5.41, 5.74) is 12.6. The smallest absolute Gasteiger partial charge is 0.338 e. The van der Waals surface area contributed by atoms with E-state index in [1.807, 2.05) is 61.5 Å². The number of hydrazine groups is 1. The topological polar surface area (TPSA) is 114 Å². The number of urea groups is 1. The third-order valence-corrected chi connectivity index (χ3v) is 5.30. The molecule has 1 aliphatic heterocycles. The highest BCUT2D eigenvalue weighted by Gasteiger charge is 2.32. The van der Waals surface area contributed by atoms with Gasteiger partial charge in [0.05, 0.1) is 34.8 Å². The molecular weight excluding hydrogens is 432 g/mol. The van der Waals surface area contributed by atoms with Crippen LogP contribution < -0.4 is 21.5 Å². The standard InChI is InChI=1S/C26H24N4O4/c1-3-34-25(32)18-11-14-20-21(15-18)28-24(31)22(20)23(17-7-5-4-6-8-17)30(29-26(27)33)19-12-9-16(2)10-13-19/h4-15H,3H2,1-2H3,(H,28,31)(H3,27,29,33)/b23-22-. The van der Waals surface area contributed by atoms with Crippen molar-refractivity contribution in [1.82, 2.24) is 5.43 Å². The van der Waals surface area contributed by atoms with Gasteiger partial charge in [-0.3, -0.25) is 9.80 Å². The Morgan fingerprint density at radius 2 is 1.71 bits per heavy atom. The van der Waals surface area contributed by atoms with E-state index in [0.717, 1.165) is 5.56 Å². The average Bonchev–Trinajstić information content (AvgIpc) is 3.14. The highest BCUT2D eigenvalue weighted by Crippen LogP contribution is 2.40. The minimum Gasteiger partial charge on any atom is -0.462 e. The second-order valence-corrected chi connectivity index (χ2v) is 7.67. The molecule has 0 saturated heterocycles. The molecule has 4 rings (SSSR count). The van der Waals surface area contributed by atoms with Gasteiger partial charge in [-0.15, -0.1) is 0 Å². The lowest BCUT2D eigenvalue weighted by Gasteiger charge is -2.29. The molecule has 3 aromatic carbocycles. The minimum atomic E-state index is -0.786. The number of fused-ring (bicyclic) bond motifs is 1. The number of nitrogens with zero attached hydrogens (tertiary/aromatic N) is 1. The van der Waals surface area contributed by atoms with Crippen LogP contribution in [0.1, 0.15) is 34.0 Å². The Balaban J connectivity index is 1.95. The lowest BCUT2D eigenvalue weighted by molar-refractivity contribution is -0.110. The zero-order valence-corrected chi connectivity index (χ0v) is 18.8. The first kappa shape index (κ1) is 22.6. The van der Waals surface area contributed by atoms with E-state index in [4.69, 9.17) is 10.5 Å². The molecule has 1 aliphatic rings. The van der Waals surface area contributed by atoms with Gasteiger partial charge in [-0.1, -0.05) is 54.1 Å². The maximum Gasteiger partial charge on any atom is 0.338 e. The van der Waals surface area contributed by atoms with Gasteiger partial charge in [0.2, 0.25) is 0 Å². The Bertz CT molecular complexity index is 1280. The number of hydrogen-bond donors (Lipinski definition) is 3. The molecular formula is C26H24N4O4. The van der Waals surface area contributed by atoms with Crippen molar-refractivity contribution < 1.29 is 19.1 Å². The number of nitrogens with one attached hydrogen (secondary N) is 2. The number of primary amides is 1. The minimum absolute atomic E-state index is 0.246. The fraction of sp³-hybridized carbons (Fsp3) is 0.115. The van der Waals surface area contributed by atoms with Crippen LogP contribution >= 0.6 is 0 Å². The zero-order valence-electron chi connectivity index (χ0n) is 18.8. The SMILES string of the molecule is CCOC(=O)c1ccc2c(c1)NC(=O)/C2=C(/c1ccccc1)N(NC(N)=O)c1ccc(C)cc1. The first-order valence-corrected chi connectivity index (χ1v) is 10.7. The Kier molecular flexibility index (Phi) is 6.31. The normalized spacial score (nSPS) is 13.5. The molecule has 3 amide bonds. The van der Waals surface area contributed by atoms with Crippen molar-refractivity contribution in [2.24, 2.45) is 5.73 Å². The highest BCUT2D eigenvalue weighted by atomic mass is 16.5. The number of hydrogen-bond acceptors (Lipinski definition) is 5. The lowest BCUT2D eigenvalue weighted by atomic mass is 9.98. The summed E-state index contributed by atoms with van der Waals surface area (Å²) in [6.45, 7) is 3.93. The van der Waals surface area contributed by atoms with Gasteiger partial charge in [0.15, 0.2) is 0 Å². The van der Waals surface area contributed by atoms with Crippen molar-refractivity contribution in [1.29, 1.82) is 0 Å². The molecule has 8 nitrogen and oxygen atoms in total. The van der Waals surface area contributed by atoms with Crippen molar-refractivity contribution in [3.05, 3.63) is 95.1 Å². The zero-order chi connectivity index (χ0) is 24.2. The van der Waals surface area contributed by atoms with E-state index in [1.165, 1.54) is 5.01 Å². The highest BCUT2D eigenvalue weighted by molar-refractivity contribution is 6.37. The fourth-order valence-electron chi connectivity index (χ4n) is 3.78. The van der Waals surface area contributed by atoms with Crippen molar-refractivity contribution >= 4 is 40.6 Å². The van der Waals surface area contributed by atoms with E-state index >= 15 is 0 Å². The Morgan fingerprint density at radius 1 is 1.00 bits per heavy atom. The van der Waals surface area contributed by atoms with Crippen molar-refractivity contribution in [2.45, 2.75) is 13.8 Å². The Hall–Kier alpha value is -4.59. The summed E-state index contributed by atoms with van der Waals surface area (Å²) < 4.78 is 5.07. The average molecular weight is 457 g/mol. The number of ether oxygens (including phenoxy) is 1. The Labute approximate surface area is 197 Å². The number of rotatable bonds is 6. The van der Waals surface area contributed by atoms with Crippen LogP contribution in [0.2, 0.25) is 0 Å². The third kappa shape index (κ3) is 4.47. The van der Waals surface area contributed by atoms with Crippen LogP contribution in [0.4, 0.5) is 16.2 Å². The summed E-state index contributed by atoms with van der Waals surface area (Å²) in [6, 6.07) is 20.7. The Morgan fingerprint density at radius 3 is 2.35 bits per heavy atom. The molecule has 0 aromatic heterocycles. The van der Waals surface area contributed by atoms with Crippen molar-refractivity contribution in [3.8, 4) is 0 Å². The fourth-order valence-corrected chi connectivity index (χ4v) is 3.78. The first-order chi connectivity index (χ1) is 16.4. The molecule has 0 fully saturated rings. The number of amides is 3. The van der Waals surface area contributed by atoms with E-state index in [-0.39, 0.29) is 12.5 Å². The monoisotopic (exact) mass is 456 g/mol. The number of aryl methyl sites for hydroxylation is 1. The summed E-state index contributed by atoms with van der Waals surface area (Å²) >= 11 is 0. The van der Waals surface area contributed by atoms with Gasteiger partial charge >= 0.3 is 12.0 Å². The van der Waals surface area contributed by atoms with Gasteiger partial charge in [-0.25, -0.2) is 15.0 Å². The van der Waals surface area contributed by atoms with Gasteiger partial charge < -0.3 is 15.8 Å². The van der Waals surface area contributed by atoms with Gasteiger partial charge in [0.25, 0.3) is 5.91 Å². The van der Waals surface area contributed by atoms with E-state index in [0.29, 0.717) is 39.3 Å². The largest absolute Gasteiger partial charge is 0.462 e. The summed E-state index contributed by atoms with van der Waals surface area (Å²) in [7, 11) is 0. The van der Waals surface area contributed by atoms with Crippen LogP contribution in [0.25, 0.3) is 11.3 Å². The van der Waals surface area contributed by atoms with Crippen LogP contribution in [0.15, 0.2) is 72.8 Å². The summed E-state index contributed by atoms with van der Waals surface area (Å²) in [5.74, 6) is -0.852. The molecule has 34 heavy (non-hydrogen) atoms. The van der Waals surface area contributed by atoms with Gasteiger partial charge in [0, 0.05) is 11.1 Å². The van der Waals surface area contributed by atoms with E-state index in [2.05, 4.69) is 10.7 Å². The predicted molar refractivity (Wildman–Crippen MR) is 131 cm³/mol. The first-order valence-electron chi connectivity index (χ1n) is 10.7. The van der Waals surface area contributed by atoms with E-state index < -0.39 is 12.0 Å². The molecule has 0 unspecified atom stereocenters. The second kappa shape index (κ2) is 9.50. The van der Waals surface area contributed by atoms with Gasteiger partial charge in [-0.2, -0.15) is 0 Å². The molecule has 0 bridgehead atoms. The number of anilines is 2. The molecule has 0 spiro atoms. The number of nitrogens with two attached hydrogens (primary N) is 1. The molecule has 172 valence electrons. The van der Waals surface area contributed by atoms with Crippen LogP contribution in [0, 0.1) is 6.92 Å². The predicted octanol–water partition coefficient (Wildman–Crippen LogP) is 4.08. The molecule has 1 heterocycles. The molecule has 0 radical (unpaired) electrons. The van der Waals surface area contributed by atoms with Crippen LogP contribution in [-0.2, 0) is 9.53 Å².